The van der Waals surface area contributed by atoms with Crippen LogP contribution >= 0.6 is 0 Å². The molecule has 1 amide bonds. The molecule has 7 nitrogen and oxygen atoms in total. The first-order valence-electron chi connectivity index (χ1n) is 8.20. The number of H-pyrrole nitrogens is 1. The van der Waals surface area contributed by atoms with Crippen LogP contribution in [0.25, 0.3) is 0 Å². The molecule has 2 aliphatic rings. The fraction of sp³-hybridized carbons (Fsp3) is 0.500. The molecule has 0 bridgehead atoms. The highest BCUT2D eigenvalue weighted by Gasteiger charge is 2.29. The first kappa shape index (κ1) is 15.0. The lowest BCUT2D eigenvalue weighted by molar-refractivity contribution is 0.0740. The van der Waals surface area contributed by atoms with E-state index in [1.165, 1.54) is 19.2 Å². The number of amides is 1. The predicted octanol–water partition coefficient (Wildman–Crippen LogP) is 1.49. The van der Waals surface area contributed by atoms with Crippen LogP contribution in [0, 0.1) is 12.7 Å². The summed E-state index contributed by atoms with van der Waals surface area (Å²) in [7, 11) is 0. The van der Waals surface area contributed by atoms with Gasteiger partial charge in [0, 0.05) is 37.8 Å². The van der Waals surface area contributed by atoms with Gasteiger partial charge in [-0.15, -0.1) is 0 Å². The molecule has 8 heteroatoms. The lowest BCUT2D eigenvalue weighted by Crippen LogP contribution is -2.49. The number of hydrogen-bond donors (Lipinski definition) is 1. The van der Waals surface area contributed by atoms with E-state index in [2.05, 4.69) is 20.2 Å². The van der Waals surface area contributed by atoms with Gasteiger partial charge >= 0.3 is 0 Å². The summed E-state index contributed by atoms with van der Waals surface area (Å²) in [6, 6.07) is 1.86. The molecule has 0 atom stereocenters. The molecule has 1 saturated carbocycles. The Morgan fingerprint density at radius 1 is 1.25 bits per heavy atom. The van der Waals surface area contributed by atoms with Gasteiger partial charge in [0.2, 0.25) is 0 Å². The molecule has 1 aliphatic carbocycles. The van der Waals surface area contributed by atoms with Crippen molar-refractivity contribution in [1.29, 1.82) is 0 Å². The topological polar surface area (TPSA) is 78.0 Å². The Kier molecular flexibility index (Phi) is 3.66. The highest BCUT2D eigenvalue weighted by Crippen LogP contribution is 2.39. The molecule has 24 heavy (non-hydrogen) atoms. The number of halogens is 1. The van der Waals surface area contributed by atoms with E-state index < -0.39 is 5.82 Å². The first-order chi connectivity index (χ1) is 11.6. The molecule has 2 aromatic rings. The van der Waals surface area contributed by atoms with Gasteiger partial charge in [-0.25, -0.2) is 14.4 Å². The standard InChI is InChI=1S/C16H19FN6O/c1-10-14(17)15(19-9-18-10)22-4-6-23(7-5-22)16(24)13-8-12(20-21-13)11-2-3-11/h8-9,11H,2-7H2,1H3,(H,20,21). The molecule has 2 aromatic heterocycles. The number of nitrogens with one attached hydrogen (secondary N) is 1. The molecule has 0 radical (unpaired) electrons. The van der Waals surface area contributed by atoms with Crippen LogP contribution in [-0.2, 0) is 0 Å². The summed E-state index contributed by atoms with van der Waals surface area (Å²) in [5.74, 6) is 0.390. The molecule has 2 fully saturated rings. The molecule has 0 spiro atoms. The van der Waals surface area contributed by atoms with Crippen molar-refractivity contribution < 1.29 is 9.18 Å². The minimum atomic E-state index is -0.390. The molecular weight excluding hydrogens is 311 g/mol. The summed E-state index contributed by atoms with van der Waals surface area (Å²) in [5, 5.41) is 7.11. The van der Waals surface area contributed by atoms with Gasteiger partial charge in [0.15, 0.2) is 11.6 Å². The number of carbonyl (C=O) groups is 1. The SMILES string of the molecule is Cc1ncnc(N2CCN(C(=O)c3cc(C4CC4)[nH]n3)CC2)c1F. The van der Waals surface area contributed by atoms with Crippen LogP contribution in [0.3, 0.4) is 0 Å². The third kappa shape index (κ3) is 2.72. The van der Waals surface area contributed by atoms with Crippen LogP contribution < -0.4 is 4.90 Å². The number of rotatable bonds is 3. The number of hydrogen-bond acceptors (Lipinski definition) is 5. The zero-order valence-corrected chi connectivity index (χ0v) is 13.5. The maximum Gasteiger partial charge on any atom is 0.274 e. The lowest BCUT2D eigenvalue weighted by Gasteiger charge is -2.35. The van der Waals surface area contributed by atoms with E-state index >= 15 is 0 Å². The molecule has 3 heterocycles. The Labute approximate surface area is 138 Å². The lowest BCUT2D eigenvalue weighted by atomic mass is 10.2. The van der Waals surface area contributed by atoms with Gasteiger partial charge in [-0.05, 0) is 25.8 Å². The van der Waals surface area contributed by atoms with Gasteiger partial charge in [-0.2, -0.15) is 5.10 Å². The van der Waals surface area contributed by atoms with Crippen LogP contribution in [0.1, 0.15) is 40.6 Å². The van der Waals surface area contributed by atoms with Gasteiger partial charge < -0.3 is 9.80 Å². The fourth-order valence-electron chi connectivity index (χ4n) is 3.00. The molecule has 126 valence electrons. The number of aromatic amines is 1. The second-order valence-electron chi connectivity index (χ2n) is 6.36. The second kappa shape index (κ2) is 5.85. The van der Waals surface area contributed by atoms with E-state index in [0.29, 0.717) is 49.3 Å². The Morgan fingerprint density at radius 3 is 2.71 bits per heavy atom. The van der Waals surface area contributed by atoms with Crippen molar-refractivity contribution in [2.24, 2.45) is 0 Å². The van der Waals surface area contributed by atoms with Gasteiger partial charge in [0.1, 0.15) is 12.0 Å². The maximum atomic E-state index is 14.1. The minimum Gasteiger partial charge on any atom is -0.351 e. The fourth-order valence-corrected chi connectivity index (χ4v) is 3.00. The average Bonchev–Trinajstić information content (AvgIpc) is 3.34. The highest BCUT2D eigenvalue weighted by atomic mass is 19.1. The van der Waals surface area contributed by atoms with Crippen molar-refractivity contribution in [2.75, 3.05) is 31.1 Å². The number of nitrogens with zero attached hydrogens (tertiary/aromatic N) is 5. The normalized spacial score (nSPS) is 18.1. The summed E-state index contributed by atoms with van der Waals surface area (Å²) in [6.45, 7) is 3.74. The van der Waals surface area contributed by atoms with Crippen molar-refractivity contribution >= 4 is 11.7 Å². The first-order valence-corrected chi connectivity index (χ1v) is 8.20. The van der Waals surface area contributed by atoms with Crippen LogP contribution in [0.2, 0.25) is 0 Å². The van der Waals surface area contributed by atoms with Gasteiger partial charge in [0.25, 0.3) is 5.91 Å². The number of aromatic nitrogens is 4. The van der Waals surface area contributed by atoms with Gasteiger partial charge in [-0.1, -0.05) is 0 Å². The van der Waals surface area contributed by atoms with Crippen LogP contribution in [-0.4, -0.2) is 57.2 Å². The van der Waals surface area contributed by atoms with Crippen LogP contribution in [0.4, 0.5) is 10.2 Å². The molecule has 1 aliphatic heterocycles. The zero-order valence-electron chi connectivity index (χ0n) is 13.5. The van der Waals surface area contributed by atoms with E-state index in [4.69, 9.17) is 0 Å². The largest absolute Gasteiger partial charge is 0.351 e. The van der Waals surface area contributed by atoms with Gasteiger partial charge in [-0.3, -0.25) is 9.89 Å². The number of aryl methyl sites for hydroxylation is 1. The summed E-state index contributed by atoms with van der Waals surface area (Å²) in [6.07, 6.45) is 3.70. The summed E-state index contributed by atoms with van der Waals surface area (Å²) in [4.78, 5) is 24.0. The van der Waals surface area contributed by atoms with E-state index in [9.17, 15) is 9.18 Å². The number of carbonyl (C=O) groups excluding carboxylic acids is 1. The van der Waals surface area contributed by atoms with E-state index in [1.54, 1.807) is 11.8 Å². The monoisotopic (exact) mass is 330 g/mol. The summed E-state index contributed by atoms with van der Waals surface area (Å²) in [5.41, 5.74) is 1.85. The third-order valence-corrected chi connectivity index (χ3v) is 4.65. The average molecular weight is 330 g/mol. The smallest absolute Gasteiger partial charge is 0.274 e. The molecule has 0 unspecified atom stereocenters. The van der Waals surface area contributed by atoms with Crippen molar-refractivity contribution in [3.63, 3.8) is 0 Å². The predicted molar refractivity (Wildman–Crippen MR) is 85.4 cm³/mol. The second-order valence-corrected chi connectivity index (χ2v) is 6.36. The van der Waals surface area contributed by atoms with Crippen molar-refractivity contribution in [1.82, 2.24) is 25.1 Å². The molecular formula is C16H19FN6O. The Balaban J connectivity index is 1.41. The molecule has 1 N–H and O–H groups in total. The summed E-state index contributed by atoms with van der Waals surface area (Å²) < 4.78 is 14.1. The Hall–Kier alpha value is -2.51. The Morgan fingerprint density at radius 2 is 2.00 bits per heavy atom. The van der Waals surface area contributed by atoms with Crippen molar-refractivity contribution in [2.45, 2.75) is 25.7 Å². The quantitative estimate of drug-likeness (QED) is 0.922. The molecule has 1 saturated heterocycles. The summed E-state index contributed by atoms with van der Waals surface area (Å²) >= 11 is 0. The van der Waals surface area contributed by atoms with E-state index in [1.807, 2.05) is 11.0 Å². The minimum absolute atomic E-state index is 0.0721. The number of anilines is 1. The molecule has 0 aromatic carbocycles. The van der Waals surface area contributed by atoms with Crippen molar-refractivity contribution in [3.8, 4) is 0 Å². The van der Waals surface area contributed by atoms with Gasteiger partial charge in [0.05, 0.1) is 5.69 Å². The van der Waals surface area contributed by atoms with Crippen LogP contribution in [0.15, 0.2) is 12.4 Å². The van der Waals surface area contributed by atoms with E-state index in [0.717, 1.165) is 5.69 Å². The maximum absolute atomic E-state index is 14.1. The zero-order chi connectivity index (χ0) is 16.7. The van der Waals surface area contributed by atoms with E-state index in [-0.39, 0.29) is 5.91 Å². The molecule has 4 rings (SSSR count). The highest BCUT2D eigenvalue weighted by molar-refractivity contribution is 5.92. The van der Waals surface area contributed by atoms with Crippen molar-refractivity contribution in [3.05, 3.63) is 35.3 Å². The Bertz CT molecular complexity index is 764. The third-order valence-electron chi connectivity index (χ3n) is 4.65. The van der Waals surface area contributed by atoms with Crippen LogP contribution in [0.5, 0.6) is 0 Å². The number of piperazine rings is 1.